The van der Waals surface area contributed by atoms with Gasteiger partial charge in [0.2, 0.25) is 5.95 Å². The number of anilines is 2. The van der Waals surface area contributed by atoms with Crippen LogP contribution in [0.5, 0.6) is 5.75 Å². The highest BCUT2D eigenvalue weighted by molar-refractivity contribution is 6.39. The van der Waals surface area contributed by atoms with Gasteiger partial charge in [-0.15, -0.1) is 0 Å². The lowest BCUT2D eigenvalue weighted by Gasteiger charge is -2.44. The van der Waals surface area contributed by atoms with E-state index in [2.05, 4.69) is 25.6 Å². The van der Waals surface area contributed by atoms with Crippen molar-refractivity contribution in [3.05, 3.63) is 69.2 Å². The molecule has 6 rings (SSSR count). The maximum Gasteiger partial charge on any atom is 0.259 e. The number of benzene rings is 1. The van der Waals surface area contributed by atoms with Crippen LogP contribution in [-0.2, 0) is 7.05 Å². The highest BCUT2D eigenvalue weighted by Gasteiger charge is 2.45. The fraction of sp³-hybridized carbons (Fsp3) is 0.333. The van der Waals surface area contributed by atoms with Crippen LogP contribution in [0.2, 0.25) is 10.0 Å². The quantitative estimate of drug-likeness (QED) is 0.349. The Bertz CT molecular complexity index is 1500. The molecule has 10 heteroatoms. The van der Waals surface area contributed by atoms with Crippen molar-refractivity contribution in [1.29, 1.82) is 0 Å². The van der Waals surface area contributed by atoms with Gasteiger partial charge in [-0.25, -0.2) is 9.97 Å². The number of ether oxygens (including phenoxy) is 1. The van der Waals surface area contributed by atoms with Crippen LogP contribution in [0.3, 0.4) is 0 Å². The highest BCUT2D eigenvalue weighted by Crippen LogP contribution is 2.49. The van der Waals surface area contributed by atoms with Gasteiger partial charge in [-0.1, -0.05) is 29.3 Å². The van der Waals surface area contributed by atoms with E-state index in [9.17, 15) is 4.79 Å². The minimum atomic E-state index is -0.256. The van der Waals surface area contributed by atoms with Gasteiger partial charge in [0, 0.05) is 30.7 Å². The van der Waals surface area contributed by atoms with Crippen molar-refractivity contribution < 1.29 is 4.74 Å². The van der Waals surface area contributed by atoms with Crippen LogP contribution in [0, 0.1) is 11.3 Å². The van der Waals surface area contributed by atoms with E-state index < -0.39 is 0 Å². The van der Waals surface area contributed by atoms with Crippen molar-refractivity contribution in [2.24, 2.45) is 18.4 Å². The Kier molecular flexibility index (Phi) is 6.26. The first kappa shape index (κ1) is 24.2. The number of halogens is 2. The van der Waals surface area contributed by atoms with Crippen LogP contribution in [0.1, 0.15) is 19.3 Å². The molecule has 2 aliphatic rings. The van der Waals surface area contributed by atoms with Crippen LogP contribution in [0.25, 0.3) is 22.2 Å². The SMILES string of the molecule is Cn1c(=O)c(-c2c(Cl)cccc2Cl)cc2cnc(Nc3ccc(OCC4CC5(CCNC5)C4)cn3)nc21. The predicted molar refractivity (Wildman–Crippen MR) is 146 cm³/mol. The van der Waals surface area contributed by atoms with Crippen molar-refractivity contribution in [2.45, 2.75) is 19.3 Å². The average molecular weight is 537 g/mol. The number of rotatable bonds is 6. The second-order valence-electron chi connectivity index (χ2n) is 10.0. The number of aryl methyl sites for hydroxylation is 1. The smallest absolute Gasteiger partial charge is 0.259 e. The van der Waals surface area contributed by atoms with Gasteiger partial charge in [-0.05, 0) is 67.5 Å². The highest BCUT2D eigenvalue weighted by atomic mass is 35.5. The van der Waals surface area contributed by atoms with Crippen molar-refractivity contribution in [1.82, 2.24) is 24.8 Å². The first-order valence-electron chi connectivity index (χ1n) is 12.3. The number of fused-ring (bicyclic) bond motifs is 1. The molecule has 1 aliphatic heterocycles. The molecule has 1 aliphatic carbocycles. The van der Waals surface area contributed by atoms with E-state index in [0.717, 1.165) is 25.4 Å². The summed E-state index contributed by atoms with van der Waals surface area (Å²) in [6.45, 7) is 3.01. The molecular weight excluding hydrogens is 511 g/mol. The van der Waals surface area contributed by atoms with Gasteiger partial charge in [0.25, 0.3) is 5.56 Å². The first-order valence-corrected chi connectivity index (χ1v) is 13.0. The monoisotopic (exact) mass is 536 g/mol. The van der Waals surface area contributed by atoms with Gasteiger partial charge in [0.15, 0.2) is 0 Å². The molecule has 0 amide bonds. The molecule has 0 atom stereocenters. The minimum absolute atomic E-state index is 0.256. The third-order valence-corrected chi connectivity index (χ3v) is 8.05. The predicted octanol–water partition coefficient (Wildman–Crippen LogP) is 5.21. The van der Waals surface area contributed by atoms with E-state index in [0.29, 0.717) is 55.3 Å². The summed E-state index contributed by atoms with van der Waals surface area (Å²) in [6.07, 6.45) is 7.11. The molecule has 0 unspecified atom stereocenters. The van der Waals surface area contributed by atoms with E-state index in [-0.39, 0.29) is 5.56 Å². The number of hydrogen-bond donors (Lipinski definition) is 2. The topological polar surface area (TPSA) is 94.0 Å². The summed E-state index contributed by atoms with van der Waals surface area (Å²) in [5.41, 5.74) is 1.63. The van der Waals surface area contributed by atoms with Gasteiger partial charge in [0.1, 0.15) is 17.2 Å². The fourth-order valence-electron chi connectivity index (χ4n) is 5.54. The summed E-state index contributed by atoms with van der Waals surface area (Å²) in [5.74, 6) is 2.27. The standard InChI is InChI=1S/C27H26Cl2N6O2/c1-35-24-17(9-19(25(35)36)23-20(28)3-2-4-21(23)29)12-32-26(34-24)33-22-6-5-18(13-31-22)37-14-16-10-27(11-16)7-8-30-15-27/h2-6,9,12-13,16,30H,7-8,10-11,14-15H2,1H3,(H,31,32,33,34). The summed E-state index contributed by atoms with van der Waals surface area (Å²) < 4.78 is 7.44. The van der Waals surface area contributed by atoms with Crippen molar-refractivity contribution >= 4 is 46.0 Å². The van der Waals surface area contributed by atoms with Crippen LogP contribution in [0.15, 0.2) is 53.6 Å². The first-order chi connectivity index (χ1) is 17.9. The molecule has 0 radical (unpaired) electrons. The lowest BCUT2D eigenvalue weighted by molar-refractivity contribution is 0.0404. The van der Waals surface area contributed by atoms with Gasteiger partial charge < -0.3 is 15.4 Å². The molecule has 37 heavy (non-hydrogen) atoms. The average Bonchev–Trinajstić information content (AvgIpc) is 3.36. The second kappa shape index (κ2) is 9.59. The largest absolute Gasteiger partial charge is 0.492 e. The van der Waals surface area contributed by atoms with E-state index in [1.165, 1.54) is 23.8 Å². The molecule has 1 spiro atoms. The zero-order chi connectivity index (χ0) is 25.6. The van der Waals surface area contributed by atoms with E-state index in [1.807, 2.05) is 12.1 Å². The number of aromatic nitrogens is 4. The third kappa shape index (κ3) is 4.65. The Labute approximate surface area is 224 Å². The molecule has 1 saturated carbocycles. The summed E-state index contributed by atoms with van der Waals surface area (Å²) >= 11 is 12.7. The Morgan fingerprint density at radius 2 is 1.97 bits per heavy atom. The van der Waals surface area contributed by atoms with Gasteiger partial charge in [-0.2, -0.15) is 4.98 Å². The van der Waals surface area contributed by atoms with Gasteiger partial charge in [-0.3, -0.25) is 9.36 Å². The zero-order valence-electron chi connectivity index (χ0n) is 20.3. The molecule has 2 fully saturated rings. The summed E-state index contributed by atoms with van der Waals surface area (Å²) in [5, 5.41) is 8.07. The Morgan fingerprint density at radius 1 is 1.16 bits per heavy atom. The Balaban J connectivity index is 1.16. The summed E-state index contributed by atoms with van der Waals surface area (Å²) in [7, 11) is 1.66. The molecule has 0 bridgehead atoms. The minimum Gasteiger partial charge on any atom is -0.492 e. The molecule has 3 aromatic heterocycles. The molecule has 1 saturated heterocycles. The molecule has 2 N–H and O–H groups in total. The van der Waals surface area contributed by atoms with E-state index in [1.54, 1.807) is 43.7 Å². The van der Waals surface area contributed by atoms with E-state index in [4.69, 9.17) is 27.9 Å². The molecule has 1 aromatic carbocycles. The molecule has 190 valence electrons. The van der Waals surface area contributed by atoms with Crippen molar-refractivity contribution in [3.63, 3.8) is 0 Å². The van der Waals surface area contributed by atoms with Crippen LogP contribution < -0.4 is 20.9 Å². The van der Waals surface area contributed by atoms with Gasteiger partial charge >= 0.3 is 0 Å². The van der Waals surface area contributed by atoms with Crippen LogP contribution >= 0.6 is 23.2 Å². The second-order valence-corrected chi connectivity index (χ2v) is 10.8. The fourth-order valence-corrected chi connectivity index (χ4v) is 6.14. The zero-order valence-corrected chi connectivity index (χ0v) is 21.8. The van der Waals surface area contributed by atoms with Crippen molar-refractivity contribution in [2.75, 3.05) is 25.0 Å². The van der Waals surface area contributed by atoms with Crippen LogP contribution in [-0.4, -0.2) is 39.2 Å². The maximum atomic E-state index is 13.1. The molecular formula is C27H26Cl2N6O2. The summed E-state index contributed by atoms with van der Waals surface area (Å²) in [6, 6.07) is 10.6. The maximum absolute atomic E-state index is 13.1. The Hall–Kier alpha value is -3.20. The number of nitrogens with zero attached hydrogens (tertiary/aromatic N) is 4. The molecule has 4 heterocycles. The lowest BCUT2D eigenvalue weighted by atomic mass is 9.62. The van der Waals surface area contributed by atoms with Gasteiger partial charge in [0.05, 0.1) is 28.4 Å². The normalized spacial score (nSPS) is 20.8. The third-order valence-electron chi connectivity index (χ3n) is 7.42. The van der Waals surface area contributed by atoms with E-state index >= 15 is 0 Å². The Morgan fingerprint density at radius 3 is 2.68 bits per heavy atom. The molecule has 4 aromatic rings. The number of hydrogen-bond acceptors (Lipinski definition) is 7. The summed E-state index contributed by atoms with van der Waals surface area (Å²) in [4.78, 5) is 26.5. The number of pyridine rings is 2. The van der Waals surface area contributed by atoms with Crippen LogP contribution in [0.4, 0.5) is 11.8 Å². The van der Waals surface area contributed by atoms with Crippen molar-refractivity contribution in [3.8, 4) is 16.9 Å². The molecule has 8 nitrogen and oxygen atoms in total. The number of nitrogens with one attached hydrogen (secondary N) is 2. The lowest BCUT2D eigenvalue weighted by Crippen LogP contribution is -2.41.